The highest BCUT2D eigenvalue weighted by atomic mass is 35.5. The summed E-state index contributed by atoms with van der Waals surface area (Å²) in [5.41, 5.74) is 1.84. The first kappa shape index (κ1) is 19.0. The minimum atomic E-state index is -0.779. The van der Waals surface area contributed by atoms with E-state index in [1.807, 2.05) is 30.3 Å². The molecule has 0 aliphatic carbocycles. The molecule has 0 fully saturated rings. The van der Waals surface area contributed by atoms with Crippen LogP contribution in [0.5, 0.6) is 0 Å². The molecule has 0 spiro atoms. The molecule has 5 nitrogen and oxygen atoms in total. The molecule has 132 valence electrons. The fraction of sp³-hybridized carbons (Fsp3) is 0.263. The second kappa shape index (κ2) is 9.81. The molecule has 0 aliphatic rings. The molecule has 0 unspecified atom stereocenters. The second-order valence-corrected chi connectivity index (χ2v) is 5.89. The predicted octanol–water partition coefficient (Wildman–Crippen LogP) is 2.76. The Bertz CT molecular complexity index is 688. The van der Waals surface area contributed by atoms with E-state index >= 15 is 0 Å². The van der Waals surface area contributed by atoms with Gasteiger partial charge in [0.15, 0.2) is 0 Å². The highest BCUT2D eigenvalue weighted by Gasteiger charge is 2.22. The number of hydrogen-bond acceptors (Lipinski definition) is 4. The van der Waals surface area contributed by atoms with Gasteiger partial charge in [-0.1, -0.05) is 54.1 Å². The average molecular weight is 362 g/mol. The minimum Gasteiger partial charge on any atom is -0.467 e. The molecule has 2 aromatic rings. The van der Waals surface area contributed by atoms with Crippen LogP contribution in [0.2, 0.25) is 5.02 Å². The van der Waals surface area contributed by atoms with Crippen LogP contribution in [-0.2, 0) is 32.1 Å². The highest BCUT2D eigenvalue weighted by molar-refractivity contribution is 6.30. The minimum absolute atomic E-state index is 0.136. The van der Waals surface area contributed by atoms with Crippen LogP contribution in [0.4, 0.5) is 0 Å². The first-order valence-corrected chi connectivity index (χ1v) is 8.19. The van der Waals surface area contributed by atoms with Crippen molar-refractivity contribution in [3.63, 3.8) is 0 Å². The second-order valence-electron chi connectivity index (χ2n) is 5.45. The van der Waals surface area contributed by atoms with Crippen LogP contribution in [0.25, 0.3) is 0 Å². The van der Waals surface area contributed by atoms with Gasteiger partial charge in [-0.15, -0.1) is 0 Å². The van der Waals surface area contributed by atoms with Crippen molar-refractivity contribution in [2.24, 2.45) is 0 Å². The topological polar surface area (TPSA) is 64.6 Å². The Morgan fingerprint density at radius 3 is 2.36 bits per heavy atom. The zero-order valence-corrected chi connectivity index (χ0v) is 14.7. The Morgan fingerprint density at radius 1 is 1.04 bits per heavy atom. The van der Waals surface area contributed by atoms with E-state index in [1.165, 1.54) is 7.11 Å². The molecule has 0 aliphatic heterocycles. The van der Waals surface area contributed by atoms with E-state index in [0.29, 0.717) is 18.1 Å². The van der Waals surface area contributed by atoms with Crippen molar-refractivity contribution in [2.75, 3.05) is 13.7 Å². The Labute approximate surface area is 151 Å². The third kappa shape index (κ3) is 6.57. The molecule has 0 saturated carbocycles. The number of ether oxygens (including phenoxy) is 2. The quantitative estimate of drug-likeness (QED) is 0.734. The van der Waals surface area contributed by atoms with Gasteiger partial charge in [0.2, 0.25) is 5.91 Å². The molecule has 0 saturated heterocycles. The van der Waals surface area contributed by atoms with Crippen molar-refractivity contribution in [3.8, 4) is 0 Å². The van der Waals surface area contributed by atoms with Crippen molar-refractivity contribution in [1.29, 1.82) is 0 Å². The van der Waals surface area contributed by atoms with Crippen LogP contribution in [0, 0.1) is 0 Å². The molecule has 2 rings (SSSR count). The van der Waals surface area contributed by atoms with Crippen LogP contribution in [0.1, 0.15) is 11.1 Å². The number of amides is 1. The number of esters is 1. The van der Waals surface area contributed by atoms with Crippen molar-refractivity contribution < 1.29 is 19.1 Å². The zero-order chi connectivity index (χ0) is 18.1. The summed E-state index contributed by atoms with van der Waals surface area (Å²) in [6.45, 7) is 0.192. The van der Waals surface area contributed by atoms with Gasteiger partial charge in [0.25, 0.3) is 0 Å². The molecule has 0 aromatic heterocycles. The maximum atomic E-state index is 12.0. The summed E-state index contributed by atoms with van der Waals surface area (Å²) in [5, 5.41) is 3.25. The van der Waals surface area contributed by atoms with E-state index in [4.69, 9.17) is 21.1 Å². The van der Waals surface area contributed by atoms with Crippen molar-refractivity contribution in [1.82, 2.24) is 5.32 Å². The van der Waals surface area contributed by atoms with Gasteiger partial charge in [-0.05, 0) is 23.3 Å². The number of benzene rings is 2. The van der Waals surface area contributed by atoms with Crippen LogP contribution in [0.3, 0.4) is 0 Å². The molecule has 0 radical (unpaired) electrons. The van der Waals surface area contributed by atoms with Crippen molar-refractivity contribution >= 4 is 23.5 Å². The normalized spacial score (nSPS) is 11.6. The number of carbonyl (C=O) groups excluding carboxylic acids is 2. The number of methoxy groups -OCH3 is 1. The van der Waals surface area contributed by atoms with Gasteiger partial charge in [-0.25, -0.2) is 4.79 Å². The van der Waals surface area contributed by atoms with Gasteiger partial charge >= 0.3 is 5.97 Å². The summed E-state index contributed by atoms with van der Waals surface area (Å²) in [7, 11) is 1.29. The van der Waals surface area contributed by atoms with E-state index in [0.717, 1.165) is 11.1 Å². The smallest absolute Gasteiger partial charge is 0.328 e. The molecule has 1 atom stereocenters. The monoisotopic (exact) mass is 361 g/mol. The van der Waals surface area contributed by atoms with E-state index in [-0.39, 0.29) is 12.5 Å². The molecular formula is C19H20ClNO4. The highest BCUT2D eigenvalue weighted by Crippen LogP contribution is 2.11. The maximum absolute atomic E-state index is 12.0. The van der Waals surface area contributed by atoms with Gasteiger partial charge in [-0.2, -0.15) is 0 Å². The Hall–Kier alpha value is -2.37. The summed E-state index contributed by atoms with van der Waals surface area (Å²) in [5.74, 6) is -0.883. The third-order valence-corrected chi connectivity index (χ3v) is 3.77. The van der Waals surface area contributed by atoms with Crippen LogP contribution < -0.4 is 5.32 Å². The Kier molecular flexibility index (Phi) is 7.44. The van der Waals surface area contributed by atoms with Crippen LogP contribution in [-0.4, -0.2) is 31.6 Å². The molecular weight excluding hydrogens is 342 g/mol. The summed E-state index contributed by atoms with van der Waals surface area (Å²) in [4.78, 5) is 24.0. The van der Waals surface area contributed by atoms with Gasteiger partial charge in [0.05, 0.1) is 13.7 Å². The zero-order valence-electron chi connectivity index (χ0n) is 13.9. The summed E-state index contributed by atoms with van der Waals surface area (Å²) in [6.07, 6.45) is 0.314. The lowest BCUT2D eigenvalue weighted by Crippen LogP contribution is -2.44. The van der Waals surface area contributed by atoms with Crippen molar-refractivity contribution in [2.45, 2.75) is 19.1 Å². The number of hydrogen-bond donors (Lipinski definition) is 1. The first-order valence-electron chi connectivity index (χ1n) is 7.82. The summed E-state index contributed by atoms with van der Waals surface area (Å²) in [6, 6.07) is 15.8. The molecule has 0 heterocycles. The molecule has 1 amide bonds. The van der Waals surface area contributed by atoms with Gasteiger partial charge in [0.1, 0.15) is 12.6 Å². The third-order valence-electron chi connectivity index (χ3n) is 3.52. The lowest BCUT2D eigenvalue weighted by Gasteiger charge is -2.16. The summed E-state index contributed by atoms with van der Waals surface area (Å²) < 4.78 is 10.1. The maximum Gasteiger partial charge on any atom is 0.328 e. The number of rotatable bonds is 8. The molecule has 25 heavy (non-hydrogen) atoms. The van der Waals surface area contributed by atoms with E-state index in [2.05, 4.69) is 5.32 Å². The first-order chi connectivity index (χ1) is 12.1. The van der Waals surface area contributed by atoms with Crippen molar-refractivity contribution in [3.05, 3.63) is 70.7 Å². The number of carbonyl (C=O) groups is 2. The summed E-state index contributed by atoms with van der Waals surface area (Å²) >= 11 is 5.85. The predicted molar refractivity (Wildman–Crippen MR) is 95.2 cm³/mol. The lowest BCUT2D eigenvalue weighted by atomic mass is 10.1. The van der Waals surface area contributed by atoms with Crippen LogP contribution >= 0.6 is 11.6 Å². The van der Waals surface area contributed by atoms with E-state index < -0.39 is 12.0 Å². The molecule has 0 bridgehead atoms. The fourth-order valence-corrected chi connectivity index (χ4v) is 2.39. The molecule has 1 N–H and O–H groups in total. The average Bonchev–Trinajstić information content (AvgIpc) is 2.63. The molecule has 2 aromatic carbocycles. The fourth-order valence-electron chi connectivity index (χ4n) is 2.26. The Morgan fingerprint density at radius 2 is 1.72 bits per heavy atom. The van der Waals surface area contributed by atoms with E-state index in [9.17, 15) is 9.59 Å². The SMILES string of the molecule is COC(=O)[C@@H](Cc1ccc(Cl)cc1)NC(=O)COCc1ccccc1. The number of halogens is 1. The Balaban J connectivity index is 1.86. The van der Waals surface area contributed by atoms with E-state index in [1.54, 1.807) is 24.3 Å². The standard InChI is InChI=1S/C19H20ClNO4/c1-24-19(23)17(11-14-7-9-16(20)10-8-14)21-18(22)13-25-12-15-5-3-2-4-6-15/h2-10,17H,11-13H2,1H3,(H,21,22)/t17-/m1/s1. The van der Waals surface area contributed by atoms with Gasteiger partial charge in [-0.3, -0.25) is 4.79 Å². The lowest BCUT2D eigenvalue weighted by molar-refractivity contribution is -0.145. The van der Waals surface area contributed by atoms with Gasteiger partial charge in [0, 0.05) is 11.4 Å². The molecule has 6 heteroatoms. The van der Waals surface area contributed by atoms with Gasteiger partial charge < -0.3 is 14.8 Å². The largest absolute Gasteiger partial charge is 0.467 e. The van der Waals surface area contributed by atoms with Crippen LogP contribution in [0.15, 0.2) is 54.6 Å². The number of nitrogens with one attached hydrogen (secondary N) is 1.